The lowest BCUT2D eigenvalue weighted by atomic mass is 9.90. The predicted molar refractivity (Wildman–Crippen MR) is 65.5 cm³/mol. The van der Waals surface area contributed by atoms with E-state index >= 15 is 0 Å². The van der Waals surface area contributed by atoms with Crippen molar-refractivity contribution < 1.29 is 4.74 Å². The summed E-state index contributed by atoms with van der Waals surface area (Å²) in [5.74, 6) is 1.47. The van der Waals surface area contributed by atoms with E-state index in [-0.39, 0.29) is 5.54 Å². The molecule has 0 radical (unpaired) electrons. The van der Waals surface area contributed by atoms with Crippen molar-refractivity contribution in [2.75, 3.05) is 12.4 Å². The zero-order chi connectivity index (χ0) is 11.5. The Hall–Kier alpha value is -1.18. The smallest absolute Gasteiger partial charge is 0.119 e. The van der Waals surface area contributed by atoms with Crippen molar-refractivity contribution in [1.29, 1.82) is 0 Å². The van der Waals surface area contributed by atoms with Crippen LogP contribution in [0.15, 0.2) is 24.3 Å². The van der Waals surface area contributed by atoms with Crippen molar-refractivity contribution >= 4 is 5.69 Å². The van der Waals surface area contributed by atoms with Crippen LogP contribution in [0.5, 0.6) is 5.75 Å². The SMILES string of the molecule is COc1ccc(NC(C)(C)C(C)C)cc1. The first-order valence-corrected chi connectivity index (χ1v) is 5.38. The highest BCUT2D eigenvalue weighted by molar-refractivity contribution is 5.48. The molecule has 0 fully saturated rings. The molecule has 0 atom stereocenters. The van der Waals surface area contributed by atoms with E-state index in [1.54, 1.807) is 7.11 Å². The highest BCUT2D eigenvalue weighted by Gasteiger charge is 2.21. The number of nitrogens with one attached hydrogen (secondary N) is 1. The van der Waals surface area contributed by atoms with Crippen LogP contribution in [0.1, 0.15) is 27.7 Å². The van der Waals surface area contributed by atoms with Crippen LogP contribution >= 0.6 is 0 Å². The van der Waals surface area contributed by atoms with Gasteiger partial charge in [0.2, 0.25) is 0 Å². The van der Waals surface area contributed by atoms with Crippen molar-refractivity contribution in [2.45, 2.75) is 33.2 Å². The molecule has 1 N–H and O–H groups in total. The van der Waals surface area contributed by atoms with E-state index < -0.39 is 0 Å². The van der Waals surface area contributed by atoms with Crippen LogP contribution < -0.4 is 10.1 Å². The first-order chi connectivity index (χ1) is 6.95. The van der Waals surface area contributed by atoms with Gasteiger partial charge in [-0.05, 0) is 44.0 Å². The van der Waals surface area contributed by atoms with Gasteiger partial charge >= 0.3 is 0 Å². The molecule has 0 aliphatic carbocycles. The Morgan fingerprint density at radius 2 is 1.67 bits per heavy atom. The van der Waals surface area contributed by atoms with E-state index in [0.29, 0.717) is 5.92 Å². The van der Waals surface area contributed by atoms with Gasteiger partial charge < -0.3 is 10.1 Å². The molecule has 0 saturated carbocycles. The molecule has 1 aromatic carbocycles. The molecule has 2 nitrogen and oxygen atoms in total. The van der Waals surface area contributed by atoms with Gasteiger partial charge in [0.05, 0.1) is 7.11 Å². The molecule has 1 rings (SSSR count). The minimum Gasteiger partial charge on any atom is -0.497 e. The van der Waals surface area contributed by atoms with Gasteiger partial charge in [0.15, 0.2) is 0 Å². The summed E-state index contributed by atoms with van der Waals surface area (Å²) in [6.07, 6.45) is 0. The lowest BCUT2D eigenvalue weighted by Crippen LogP contribution is -2.36. The van der Waals surface area contributed by atoms with Crippen LogP contribution in [-0.4, -0.2) is 12.6 Å². The number of anilines is 1. The molecule has 0 aromatic heterocycles. The van der Waals surface area contributed by atoms with Gasteiger partial charge in [-0.25, -0.2) is 0 Å². The lowest BCUT2D eigenvalue weighted by molar-refractivity contribution is 0.406. The summed E-state index contributed by atoms with van der Waals surface area (Å²) in [5, 5.41) is 3.51. The van der Waals surface area contributed by atoms with Gasteiger partial charge in [-0.2, -0.15) is 0 Å². The average molecular weight is 207 g/mol. The molecule has 0 unspecified atom stereocenters. The fraction of sp³-hybridized carbons (Fsp3) is 0.538. The number of hydrogen-bond donors (Lipinski definition) is 1. The summed E-state index contributed by atoms with van der Waals surface area (Å²) in [6, 6.07) is 8.03. The standard InChI is InChI=1S/C13H21NO/c1-10(2)13(3,4)14-11-6-8-12(15-5)9-7-11/h6-10,14H,1-5H3. The van der Waals surface area contributed by atoms with E-state index in [0.717, 1.165) is 11.4 Å². The minimum atomic E-state index is 0.106. The molecule has 0 saturated heterocycles. The normalized spacial score (nSPS) is 11.6. The van der Waals surface area contributed by atoms with Crippen LogP contribution in [0, 0.1) is 5.92 Å². The largest absolute Gasteiger partial charge is 0.497 e. The number of hydrogen-bond acceptors (Lipinski definition) is 2. The fourth-order valence-electron chi connectivity index (χ4n) is 1.19. The van der Waals surface area contributed by atoms with Gasteiger partial charge in [-0.15, -0.1) is 0 Å². The topological polar surface area (TPSA) is 21.3 Å². The summed E-state index contributed by atoms with van der Waals surface area (Å²) in [7, 11) is 1.68. The minimum absolute atomic E-state index is 0.106. The Kier molecular flexibility index (Phi) is 3.61. The van der Waals surface area contributed by atoms with Gasteiger partial charge in [-0.1, -0.05) is 13.8 Å². The van der Waals surface area contributed by atoms with E-state index in [1.165, 1.54) is 0 Å². The van der Waals surface area contributed by atoms with Crippen molar-refractivity contribution in [3.8, 4) is 5.75 Å². The van der Waals surface area contributed by atoms with Gasteiger partial charge in [0.25, 0.3) is 0 Å². The Morgan fingerprint density at radius 1 is 1.13 bits per heavy atom. The van der Waals surface area contributed by atoms with E-state index in [2.05, 4.69) is 33.0 Å². The maximum Gasteiger partial charge on any atom is 0.119 e. The third kappa shape index (κ3) is 3.15. The van der Waals surface area contributed by atoms with Crippen LogP contribution in [-0.2, 0) is 0 Å². The van der Waals surface area contributed by atoms with Gasteiger partial charge in [0, 0.05) is 11.2 Å². The Labute approximate surface area is 92.6 Å². The summed E-state index contributed by atoms with van der Waals surface area (Å²) >= 11 is 0. The first kappa shape index (κ1) is 11.9. The van der Waals surface area contributed by atoms with Crippen molar-refractivity contribution in [3.05, 3.63) is 24.3 Å². The molecule has 1 aromatic rings. The second-order valence-corrected chi connectivity index (χ2v) is 4.73. The van der Waals surface area contributed by atoms with E-state index in [9.17, 15) is 0 Å². The summed E-state index contributed by atoms with van der Waals surface area (Å²) in [5.41, 5.74) is 1.24. The zero-order valence-electron chi connectivity index (χ0n) is 10.3. The number of rotatable bonds is 4. The highest BCUT2D eigenvalue weighted by Crippen LogP contribution is 2.23. The van der Waals surface area contributed by atoms with E-state index in [1.807, 2.05) is 24.3 Å². The number of methoxy groups -OCH3 is 1. The lowest BCUT2D eigenvalue weighted by Gasteiger charge is -2.31. The molecule has 0 amide bonds. The van der Waals surface area contributed by atoms with Gasteiger partial charge in [0.1, 0.15) is 5.75 Å². The average Bonchev–Trinajstić information content (AvgIpc) is 2.18. The third-order valence-electron chi connectivity index (χ3n) is 3.00. The van der Waals surface area contributed by atoms with Crippen molar-refractivity contribution in [2.24, 2.45) is 5.92 Å². The Bertz CT molecular complexity index is 301. The Morgan fingerprint density at radius 3 is 2.07 bits per heavy atom. The van der Waals surface area contributed by atoms with E-state index in [4.69, 9.17) is 4.74 Å². The molecule has 15 heavy (non-hydrogen) atoms. The quantitative estimate of drug-likeness (QED) is 0.815. The van der Waals surface area contributed by atoms with Crippen LogP contribution in [0.4, 0.5) is 5.69 Å². The third-order valence-corrected chi connectivity index (χ3v) is 3.00. The molecule has 0 aliphatic heterocycles. The summed E-state index contributed by atoms with van der Waals surface area (Å²) < 4.78 is 5.12. The second-order valence-electron chi connectivity index (χ2n) is 4.73. The monoisotopic (exact) mass is 207 g/mol. The van der Waals surface area contributed by atoms with Crippen molar-refractivity contribution in [3.63, 3.8) is 0 Å². The molecule has 2 heteroatoms. The molecular weight excluding hydrogens is 186 g/mol. The predicted octanol–water partition coefficient (Wildman–Crippen LogP) is 3.54. The van der Waals surface area contributed by atoms with Gasteiger partial charge in [-0.3, -0.25) is 0 Å². The summed E-state index contributed by atoms with van der Waals surface area (Å²) in [6.45, 7) is 8.86. The maximum atomic E-state index is 5.12. The first-order valence-electron chi connectivity index (χ1n) is 5.38. The molecule has 84 valence electrons. The molecule has 0 heterocycles. The zero-order valence-corrected chi connectivity index (χ0v) is 10.3. The molecular formula is C13H21NO. The Balaban J connectivity index is 2.73. The van der Waals surface area contributed by atoms with Crippen LogP contribution in [0.25, 0.3) is 0 Å². The van der Waals surface area contributed by atoms with Crippen molar-refractivity contribution in [1.82, 2.24) is 0 Å². The van der Waals surface area contributed by atoms with Crippen LogP contribution in [0.2, 0.25) is 0 Å². The number of benzene rings is 1. The number of ether oxygens (including phenoxy) is 1. The summed E-state index contributed by atoms with van der Waals surface area (Å²) in [4.78, 5) is 0. The highest BCUT2D eigenvalue weighted by atomic mass is 16.5. The maximum absolute atomic E-state index is 5.12. The van der Waals surface area contributed by atoms with Crippen LogP contribution in [0.3, 0.4) is 0 Å². The fourth-order valence-corrected chi connectivity index (χ4v) is 1.19. The molecule has 0 spiro atoms. The molecule has 0 bridgehead atoms. The second kappa shape index (κ2) is 4.56. The molecule has 0 aliphatic rings.